The summed E-state index contributed by atoms with van der Waals surface area (Å²) in [5, 5.41) is 21.6. The molecule has 3 aromatic rings. The van der Waals surface area contributed by atoms with Crippen molar-refractivity contribution in [3.05, 3.63) is 40.7 Å². The Kier molecular flexibility index (Phi) is 7.90. The molecule has 3 rings (SSSR count). The van der Waals surface area contributed by atoms with E-state index in [2.05, 4.69) is 70.7 Å². The molecule has 2 heterocycles. The number of nitrogens with one attached hydrogen (secondary N) is 1. The topological polar surface area (TPSA) is 85.6 Å². The van der Waals surface area contributed by atoms with Crippen LogP contribution in [0, 0.1) is 6.92 Å². The van der Waals surface area contributed by atoms with Crippen LogP contribution in [0.2, 0.25) is 0 Å². The number of hydrogen-bond donors (Lipinski definition) is 1. The molecule has 1 unspecified atom stereocenters. The van der Waals surface area contributed by atoms with Crippen LogP contribution < -0.4 is 5.32 Å². The normalized spacial score (nSPS) is 12.3. The predicted molar refractivity (Wildman–Crippen MR) is 124 cm³/mol. The Morgan fingerprint density at radius 3 is 2.53 bits per heavy atom. The van der Waals surface area contributed by atoms with Crippen LogP contribution in [-0.2, 0) is 17.6 Å². The van der Waals surface area contributed by atoms with E-state index in [-0.39, 0.29) is 11.2 Å². The van der Waals surface area contributed by atoms with Crippen LogP contribution in [0.5, 0.6) is 0 Å². The second-order valence-electron chi connectivity index (χ2n) is 7.16. The van der Waals surface area contributed by atoms with Gasteiger partial charge in [0.1, 0.15) is 10.8 Å². The van der Waals surface area contributed by atoms with Gasteiger partial charge >= 0.3 is 0 Å². The first-order valence-corrected chi connectivity index (χ1v) is 12.4. The molecule has 2 aromatic heterocycles. The summed E-state index contributed by atoms with van der Waals surface area (Å²) in [5.74, 6) is 1.80. The third-order valence-electron chi connectivity index (χ3n) is 4.39. The lowest BCUT2D eigenvalue weighted by molar-refractivity contribution is -0.115. The summed E-state index contributed by atoms with van der Waals surface area (Å²) in [4.78, 5) is 13.9. The van der Waals surface area contributed by atoms with Crippen molar-refractivity contribution in [2.45, 2.75) is 61.1 Å². The van der Waals surface area contributed by atoms with Crippen molar-refractivity contribution in [1.29, 1.82) is 0 Å². The van der Waals surface area contributed by atoms with Crippen molar-refractivity contribution in [3.8, 4) is 0 Å². The Labute approximate surface area is 189 Å². The zero-order chi connectivity index (χ0) is 21.7. The minimum absolute atomic E-state index is 0.0902. The number of rotatable bonds is 9. The maximum atomic E-state index is 12.7. The van der Waals surface area contributed by atoms with Gasteiger partial charge in [-0.1, -0.05) is 61.6 Å². The minimum atomic E-state index is -0.281. The molecule has 7 nitrogen and oxygen atoms in total. The van der Waals surface area contributed by atoms with Crippen molar-refractivity contribution in [3.63, 3.8) is 0 Å². The van der Waals surface area contributed by atoms with Gasteiger partial charge in [0.25, 0.3) is 0 Å². The van der Waals surface area contributed by atoms with Gasteiger partial charge in [-0.05, 0) is 25.5 Å². The predicted octanol–water partition coefficient (Wildman–Crippen LogP) is 4.90. The largest absolute Gasteiger partial charge is 0.308 e. The molecule has 10 heteroatoms. The number of benzene rings is 1. The highest BCUT2D eigenvalue weighted by Gasteiger charge is 2.23. The maximum absolute atomic E-state index is 12.7. The lowest BCUT2D eigenvalue weighted by atomic mass is 10.2. The van der Waals surface area contributed by atoms with Crippen LogP contribution in [0.25, 0.3) is 0 Å². The second-order valence-corrected chi connectivity index (χ2v) is 10.4. The van der Waals surface area contributed by atoms with Gasteiger partial charge < -0.3 is 4.57 Å². The van der Waals surface area contributed by atoms with Gasteiger partial charge in [-0.25, -0.2) is 0 Å². The van der Waals surface area contributed by atoms with Crippen LogP contribution >= 0.6 is 34.9 Å². The Morgan fingerprint density at radius 1 is 1.17 bits per heavy atom. The highest BCUT2D eigenvalue weighted by atomic mass is 32.2. The third-order valence-corrected chi connectivity index (χ3v) is 7.94. The fraction of sp³-hybridized carbons (Fsp3) is 0.450. The van der Waals surface area contributed by atoms with E-state index in [0.29, 0.717) is 17.5 Å². The average Bonchev–Trinajstić information content (AvgIpc) is 3.33. The van der Waals surface area contributed by atoms with Crippen molar-refractivity contribution in [1.82, 2.24) is 25.0 Å². The number of aromatic nitrogens is 5. The van der Waals surface area contributed by atoms with Crippen LogP contribution in [0.15, 0.2) is 34.3 Å². The fourth-order valence-corrected chi connectivity index (χ4v) is 5.07. The first-order chi connectivity index (χ1) is 14.4. The summed E-state index contributed by atoms with van der Waals surface area (Å²) >= 11 is 4.56. The second kappa shape index (κ2) is 10.4. The lowest BCUT2D eigenvalue weighted by Crippen LogP contribution is -2.25. The van der Waals surface area contributed by atoms with Crippen molar-refractivity contribution < 1.29 is 4.79 Å². The molecule has 30 heavy (non-hydrogen) atoms. The SMILES string of the molecule is CCC(Sc1nnc(CSc2ccc(C)cc2)n1C)C(=O)Nc1nnc(C(C)C)s1. The van der Waals surface area contributed by atoms with E-state index in [4.69, 9.17) is 0 Å². The van der Waals surface area contributed by atoms with Gasteiger partial charge in [0.15, 0.2) is 5.16 Å². The molecule has 0 saturated carbocycles. The average molecular weight is 463 g/mol. The summed E-state index contributed by atoms with van der Waals surface area (Å²) in [6.07, 6.45) is 0.673. The zero-order valence-corrected chi connectivity index (χ0v) is 20.2. The maximum Gasteiger partial charge on any atom is 0.239 e. The fourth-order valence-electron chi connectivity index (χ4n) is 2.51. The molecular weight excluding hydrogens is 436 g/mol. The molecule has 0 fully saturated rings. The molecule has 0 spiro atoms. The van der Waals surface area contributed by atoms with E-state index in [1.54, 1.807) is 11.8 Å². The lowest BCUT2D eigenvalue weighted by Gasteiger charge is -2.12. The van der Waals surface area contributed by atoms with Gasteiger partial charge in [0.2, 0.25) is 11.0 Å². The van der Waals surface area contributed by atoms with Crippen molar-refractivity contribution >= 4 is 45.9 Å². The van der Waals surface area contributed by atoms with Gasteiger partial charge in [0.05, 0.1) is 11.0 Å². The Morgan fingerprint density at radius 2 is 1.90 bits per heavy atom. The first-order valence-electron chi connectivity index (χ1n) is 9.76. The number of nitrogens with zero attached hydrogens (tertiary/aromatic N) is 5. The van der Waals surface area contributed by atoms with Gasteiger partial charge in [-0.2, -0.15) is 0 Å². The van der Waals surface area contributed by atoms with Gasteiger partial charge in [-0.3, -0.25) is 10.1 Å². The number of hydrogen-bond acceptors (Lipinski definition) is 8. The molecule has 0 aliphatic rings. The minimum Gasteiger partial charge on any atom is -0.308 e. The van der Waals surface area contributed by atoms with E-state index in [9.17, 15) is 4.79 Å². The summed E-state index contributed by atoms with van der Waals surface area (Å²) < 4.78 is 1.96. The molecule has 1 N–H and O–H groups in total. The quantitative estimate of drug-likeness (QED) is 0.453. The molecular formula is C20H26N6OS3. The smallest absolute Gasteiger partial charge is 0.239 e. The summed E-state index contributed by atoms with van der Waals surface area (Å²) in [5.41, 5.74) is 1.24. The standard InChI is InChI=1S/C20H26N6OS3/c1-6-15(17(27)21-19-24-23-18(30-19)12(2)3)29-20-25-22-16(26(20)5)11-28-14-9-7-13(4)8-10-14/h7-10,12,15H,6,11H2,1-5H3,(H,21,24,27). The molecule has 0 bridgehead atoms. The molecule has 160 valence electrons. The van der Waals surface area contributed by atoms with E-state index in [1.807, 2.05) is 18.5 Å². The Bertz CT molecular complexity index is 983. The molecule has 1 aromatic carbocycles. The first kappa shape index (κ1) is 22.8. The molecule has 0 aliphatic heterocycles. The number of anilines is 1. The van der Waals surface area contributed by atoms with Crippen molar-refractivity contribution in [2.75, 3.05) is 5.32 Å². The van der Waals surface area contributed by atoms with Crippen LogP contribution in [0.4, 0.5) is 5.13 Å². The van der Waals surface area contributed by atoms with E-state index >= 15 is 0 Å². The number of aryl methyl sites for hydroxylation is 1. The summed E-state index contributed by atoms with van der Waals surface area (Å²) in [6.45, 7) is 8.18. The van der Waals surface area contributed by atoms with E-state index in [1.165, 1.54) is 33.6 Å². The Hall–Kier alpha value is -1.91. The molecule has 0 aliphatic carbocycles. The van der Waals surface area contributed by atoms with Gasteiger partial charge in [0, 0.05) is 17.9 Å². The highest BCUT2D eigenvalue weighted by molar-refractivity contribution is 8.00. The van der Waals surface area contributed by atoms with E-state index in [0.717, 1.165) is 21.7 Å². The van der Waals surface area contributed by atoms with Crippen LogP contribution in [-0.4, -0.2) is 36.1 Å². The number of thioether (sulfide) groups is 2. The molecule has 1 atom stereocenters. The molecule has 1 amide bonds. The number of carbonyl (C=O) groups is 1. The summed E-state index contributed by atoms with van der Waals surface area (Å²) in [7, 11) is 1.94. The number of carbonyl (C=O) groups excluding carboxylic acids is 1. The Balaban J connectivity index is 1.60. The third kappa shape index (κ3) is 5.83. The van der Waals surface area contributed by atoms with E-state index < -0.39 is 0 Å². The molecule has 0 radical (unpaired) electrons. The highest BCUT2D eigenvalue weighted by Crippen LogP contribution is 2.29. The molecule has 0 saturated heterocycles. The monoisotopic (exact) mass is 462 g/mol. The van der Waals surface area contributed by atoms with Crippen LogP contribution in [0.1, 0.15) is 49.5 Å². The number of amides is 1. The van der Waals surface area contributed by atoms with Crippen molar-refractivity contribution in [2.24, 2.45) is 7.05 Å². The summed E-state index contributed by atoms with van der Waals surface area (Å²) in [6, 6.07) is 8.43. The zero-order valence-electron chi connectivity index (χ0n) is 17.7. The van der Waals surface area contributed by atoms with Crippen LogP contribution in [0.3, 0.4) is 0 Å². The van der Waals surface area contributed by atoms with Gasteiger partial charge in [-0.15, -0.1) is 32.2 Å².